The highest BCUT2D eigenvalue weighted by Gasteiger charge is 2.30. The Kier molecular flexibility index (Phi) is 14.8. The van der Waals surface area contributed by atoms with Crippen LogP contribution in [0, 0.1) is 35.5 Å². The summed E-state index contributed by atoms with van der Waals surface area (Å²) < 4.78 is 5.23. The van der Waals surface area contributed by atoms with Crippen molar-refractivity contribution in [2.24, 2.45) is 11.8 Å². The Morgan fingerprint density at radius 3 is 2.28 bits per heavy atom. The highest BCUT2D eigenvalue weighted by Crippen LogP contribution is 2.42. The van der Waals surface area contributed by atoms with Gasteiger partial charge in [-0.05, 0) is 72.4 Å². The molecule has 2 atom stereocenters. The number of aryl methyl sites for hydroxylation is 1. The molecular formula is C26H41N2O3P. The molecule has 1 saturated carbocycles. The fourth-order valence-electron chi connectivity index (χ4n) is 3.55. The summed E-state index contributed by atoms with van der Waals surface area (Å²) in [5, 5.41) is 38.6. The lowest BCUT2D eigenvalue weighted by molar-refractivity contribution is 0.214. The first-order valence-corrected chi connectivity index (χ1v) is 12.4. The average molecular weight is 461 g/mol. The molecule has 0 heterocycles. The Balaban J connectivity index is 0.00000227. The van der Waals surface area contributed by atoms with E-state index in [0.717, 1.165) is 30.4 Å². The fourth-order valence-corrected chi connectivity index (χ4v) is 3.55. The van der Waals surface area contributed by atoms with Gasteiger partial charge in [0.2, 0.25) is 5.90 Å². The molecule has 0 spiro atoms. The van der Waals surface area contributed by atoms with Crippen LogP contribution < -0.4 is 0 Å². The number of aliphatic hydroxyl groups is 2. The van der Waals surface area contributed by atoms with Crippen molar-refractivity contribution >= 4 is 15.1 Å². The summed E-state index contributed by atoms with van der Waals surface area (Å²) in [5.41, 5.74) is 4.05. The Morgan fingerprint density at radius 1 is 1.25 bits per heavy atom. The quantitative estimate of drug-likeness (QED) is 0.200. The van der Waals surface area contributed by atoms with Crippen molar-refractivity contribution in [3.63, 3.8) is 0 Å². The van der Waals surface area contributed by atoms with Gasteiger partial charge in [-0.3, -0.25) is 5.41 Å². The summed E-state index contributed by atoms with van der Waals surface area (Å²) in [6.45, 7) is 11.6. The molecule has 0 aromatic heterocycles. The number of nitrogens with one attached hydrogen (secondary N) is 1. The van der Waals surface area contributed by atoms with Crippen LogP contribution in [-0.2, 0) is 4.74 Å². The van der Waals surface area contributed by atoms with Gasteiger partial charge in [0.15, 0.2) is 0 Å². The van der Waals surface area contributed by atoms with Gasteiger partial charge in [0.25, 0.3) is 0 Å². The zero-order valence-electron chi connectivity index (χ0n) is 20.7. The monoisotopic (exact) mass is 460 g/mol. The normalized spacial score (nSPS) is 14.8. The first kappa shape index (κ1) is 30.0. The third-order valence-corrected chi connectivity index (χ3v) is 5.02. The van der Waals surface area contributed by atoms with Gasteiger partial charge in [0, 0.05) is 5.57 Å². The van der Waals surface area contributed by atoms with Crippen LogP contribution in [0.2, 0.25) is 0 Å². The minimum Gasteiger partial charge on any atom is -0.481 e. The summed E-state index contributed by atoms with van der Waals surface area (Å²) in [6.07, 6.45) is 3.72. The molecule has 1 aliphatic carbocycles. The van der Waals surface area contributed by atoms with E-state index in [2.05, 4.69) is 15.3 Å². The van der Waals surface area contributed by atoms with E-state index in [1.165, 1.54) is 7.11 Å². The van der Waals surface area contributed by atoms with Crippen LogP contribution >= 0.6 is 9.24 Å². The summed E-state index contributed by atoms with van der Waals surface area (Å²) in [4.78, 5) is 0. The predicted molar refractivity (Wildman–Crippen MR) is 137 cm³/mol. The number of nitrogens with zero attached hydrogens (tertiary/aromatic N) is 1. The third-order valence-electron chi connectivity index (χ3n) is 5.02. The maximum absolute atomic E-state index is 11.4. The fraction of sp³-hybridized carbons (Fsp3) is 0.538. The molecular weight excluding hydrogens is 419 g/mol. The smallest absolute Gasteiger partial charge is 0.209 e. The largest absolute Gasteiger partial charge is 0.481 e. The van der Waals surface area contributed by atoms with Gasteiger partial charge in [-0.15, -0.1) is 9.24 Å². The van der Waals surface area contributed by atoms with Crippen molar-refractivity contribution in [1.82, 2.24) is 0 Å². The molecule has 2 unspecified atom stereocenters. The molecule has 0 amide bonds. The van der Waals surface area contributed by atoms with Gasteiger partial charge in [-0.1, -0.05) is 46.5 Å². The van der Waals surface area contributed by atoms with Gasteiger partial charge in [0.05, 0.1) is 25.3 Å². The summed E-state index contributed by atoms with van der Waals surface area (Å²) in [5.74, 6) is 0.493. The molecule has 0 bridgehead atoms. The minimum atomic E-state index is -1.02. The van der Waals surface area contributed by atoms with Crippen LogP contribution in [0.15, 0.2) is 41.0 Å². The zero-order chi connectivity index (χ0) is 24.8. The summed E-state index contributed by atoms with van der Waals surface area (Å²) in [6, 6.07) is 7.44. The standard InChI is InChI=1S/C23H30N2O3.C2H6.CH5P/c1-14(2)20(23(25)28-4)21(18(7-8-26)11-16-5-6-16)22(27)19-10-15(3)9-17(12-19)13-24;2*1-2/h7,9-10,12,14,16,22,25-27H,5-6,8,11H2,1-4H3;1-2H3;2H2,1H3/b18-7+,21-20+,25-23?;;. The number of methoxy groups -OCH3 is 1. The Bertz CT molecular complexity index is 834. The van der Waals surface area contributed by atoms with Crippen molar-refractivity contribution in [2.45, 2.75) is 60.0 Å². The molecule has 1 aromatic rings. The number of rotatable bonds is 8. The molecule has 1 aromatic carbocycles. The maximum atomic E-state index is 11.4. The van der Waals surface area contributed by atoms with E-state index in [1.807, 2.05) is 47.3 Å². The second-order valence-electron chi connectivity index (χ2n) is 7.72. The molecule has 1 aliphatic rings. The number of ether oxygens (including phenoxy) is 1. The van der Waals surface area contributed by atoms with Crippen LogP contribution in [-0.4, -0.2) is 36.5 Å². The third kappa shape index (κ3) is 8.87. The lowest BCUT2D eigenvalue weighted by Crippen LogP contribution is -2.18. The number of nitriles is 1. The number of hydrogen-bond acceptors (Lipinski definition) is 5. The van der Waals surface area contributed by atoms with E-state index in [4.69, 9.17) is 10.1 Å². The summed E-state index contributed by atoms with van der Waals surface area (Å²) in [7, 11) is 3.87. The van der Waals surface area contributed by atoms with Crippen molar-refractivity contribution in [3.8, 4) is 6.07 Å². The first-order valence-electron chi connectivity index (χ1n) is 11.3. The molecule has 5 nitrogen and oxygen atoms in total. The lowest BCUT2D eigenvalue weighted by Gasteiger charge is -2.25. The van der Waals surface area contributed by atoms with Crippen molar-refractivity contribution in [2.75, 3.05) is 20.4 Å². The van der Waals surface area contributed by atoms with E-state index in [-0.39, 0.29) is 18.4 Å². The molecule has 6 heteroatoms. The van der Waals surface area contributed by atoms with Crippen molar-refractivity contribution in [1.29, 1.82) is 10.7 Å². The molecule has 2 rings (SSSR count). The average Bonchev–Trinajstić information content (AvgIpc) is 3.62. The Morgan fingerprint density at radius 2 is 1.84 bits per heavy atom. The lowest BCUT2D eigenvalue weighted by atomic mass is 9.83. The molecule has 0 saturated heterocycles. The molecule has 0 radical (unpaired) electrons. The maximum Gasteiger partial charge on any atom is 0.209 e. The Hall–Kier alpha value is -1.99. The van der Waals surface area contributed by atoms with Crippen molar-refractivity contribution in [3.05, 3.63) is 57.7 Å². The van der Waals surface area contributed by atoms with Crippen molar-refractivity contribution < 1.29 is 14.9 Å². The molecule has 178 valence electrons. The van der Waals surface area contributed by atoms with Gasteiger partial charge >= 0.3 is 0 Å². The molecule has 3 N–H and O–H groups in total. The van der Waals surface area contributed by atoms with E-state index in [1.54, 1.807) is 18.2 Å². The SMILES string of the molecule is CC.COC(=N)/C(=C(\C(=C\CO)CC1CC1)C(O)c1cc(C)cc(C#N)c1)C(C)C.CP. The Labute approximate surface area is 196 Å². The number of benzene rings is 1. The van der Waals surface area contributed by atoms with Gasteiger partial charge in [0.1, 0.15) is 6.10 Å². The number of hydrogen-bond donors (Lipinski definition) is 3. The first-order chi connectivity index (χ1) is 15.3. The zero-order valence-corrected chi connectivity index (χ0v) is 21.9. The highest BCUT2D eigenvalue weighted by atomic mass is 31.0. The second-order valence-corrected chi connectivity index (χ2v) is 7.72. The molecule has 32 heavy (non-hydrogen) atoms. The number of aliphatic hydroxyl groups excluding tert-OH is 2. The van der Waals surface area contributed by atoms with Crippen LogP contribution in [0.25, 0.3) is 0 Å². The van der Waals surface area contributed by atoms with Crippen LogP contribution in [0.1, 0.15) is 69.8 Å². The van der Waals surface area contributed by atoms with Crippen LogP contribution in [0.3, 0.4) is 0 Å². The molecule has 0 aliphatic heterocycles. The molecule has 1 fully saturated rings. The van der Waals surface area contributed by atoms with Crippen LogP contribution in [0.5, 0.6) is 0 Å². The van der Waals surface area contributed by atoms with E-state index in [9.17, 15) is 15.5 Å². The highest BCUT2D eigenvalue weighted by molar-refractivity contribution is 7.15. The van der Waals surface area contributed by atoms with Gasteiger partial charge in [-0.25, -0.2) is 0 Å². The topological polar surface area (TPSA) is 97.3 Å². The van der Waals surface area contributed by atoms with Gasteiger partial charge < -0.3 is 14.9 Å². The summed E-state index contributed by atoms with van der Waals surface area (Å²) >= 11 is 0. The van der Waals surface area contributed by atoms with E-state index >= 15 is 0 Å². The van der Waals surface area contributed by atoms with E-state index in [0.29, 0.717) is 28.2 Å². The second kappa shape index (κ2) is 15.8. The predicted octanol–water partition coefficient (Wildman–Crippen LogP) is 5.71. The van der Waals surface area contributed by atoms with E-state index < -0.39 is 6.10 Å². The van der Waals surface area contributed by atoms with Gasteiger partial charge in [-0.2, -0.15) is 5.26 Å². The van der Waals surface area contributed by atoms with Crippen LogP contribution in [0.4, 0.5) is 0 Å². The minimum absolute atomic E-state index is 0.0110.